The van der Waals surface area contributed by atoms with Crippen molar-refractivity contribution >= 4 is 5.69 Å². The fourth-order valence-corrected chi connectivity index (χ4v) is 3.54. The lowest BCUT2D eigenvalue weighted by molar-refractivity contribution is -0.385. The van der Waals surface area contributed by atoms with Crippen LogP contribution in [0.2, 0.25) is 0 Å². The Morgan fingerprint density at radius 1 is 1.52 bits per heavy atom. The lowest BCUT2D eigenvalue weighted by Crippen LogP contribution is -2.49. The number of hydrogen-bond acceptors (Lipinski definition) is 4. The highest BCUT2D eigenvalue weighted by Gasteiger charge is 2.32. The first-order valence-electron chi connectivity index (χ1n) is 7.78. The van der Waals surface area contributed by atoms with Gasteiger partial charge in [-0.3, -0.25) is 15.0 Å². The molecule has 5 nitrogen and oxygen atoms in total. The second kappa shape index (κ2) is 7.00. The Morgan fingerprint density at radius 2 is 2.29 bits per heavy atom. The van der Waals surface area contributed by atoms with Crippen molar-refractivity contribution in [1.82, 2.24) is 4.90 Å². The maximum atomic E-state index is 11.0. The quantitative estimate of drug-likeness (QED) is 0.668. The molecule has 1 aromatic carbocycles. The summed E-state index contributed by atoms with van der Waals surface area (Å²) in [6.07, 6.45) is 3.32. The van der Waals surface area contributed by atoms with Crippen molar-refractivity contribution in [2.45, 2.75) is 45.2 Å². The van der Waals surface area contributed by atoms with Crippen LogP contribution >= 0.6 is 0 Å². The van der Waals surface area contributed by atoms with Crippen LogP contribution in [0.4, 0.5) is 5.69 Å². The molecule has 3 unspecified atom stereocenters. The van der Waals surface area contributed by atoms with Gasteiger partial charge in [-0.15, -0.1) is 0 Å². The van der Waals surface area contributed by atoms with Gasteiger partial charge in [0.15, 0.2) is 0 Å². The Kier molecular flexibility index (Phi) is 5.31. The van der Waals surface area contributed by atoms with E-state index in [4.69, 9.17) is 5.73 Å². The zero-order chi connectivity index (χ0) is 15.4. The van der Waals surface area contributed by atoms with Crippen LogP contribution in [0.3, 0.4) is 0 Å². The van der Waals surface area contributed by atoms with Crippen LogP contribution in [-0.4, -0.2) is 29.0 Å². The van der Waals surface area contributed by atoms with E-state index in [1.807, 2.05) is 6.07 Å². The number of likely N-dealkylation sites (tertiary alicyclic amines) is 1. The SMILES string of the molecule is CCC(c1cccc([N+](=O)[O-])c1)N1CCCC(C)C1CN. The fourth-order valence-electron chi connectivity index (χ4n) is 3.54. The largest absolute Gasteiger partial charge is 0.329 e. The van der Waals surface area contributed by atoms with E-state index >= 15 is 0 Å². The summed E-state index contributed by atoms with van der Waals surface area (Å²) in [4.78, 5) is 13.1. The Labute approximate surface area is 126 Å². The van der Waals surface area contributed by atoms with Crippen molar-refractivity contribution in [3.63, 3.8) is 0 Å². The molecule has 0 radical (unpaired) electrons. The molecule has 1 saturated heterocycles. The molecule has 1 fully saturated rings. The number of hydrogen-bond donors (Lipinski definition) is 1. The molecule has 1 heterocycles. The Balaban J connectivity index is 2.29. The zero-order valence-electron chi connectivity index (χ0n) is 12.9. The molecule has 2 rings (SSSR count). The van der Waals surface area contributed by atoms with Gasteiger partial charge in [-0.1, -0.05) is 26.0 Å². The number of nitrogens with zero attached hydrogens (tertiary/aromatic N) is 2. The van der Waals surface area contributed by atoms with Crippen molar-refractivity contribution < 1.29 is 4.92 Å². The van der Waals surface area contributed by atoms with E-state index < -0.39 is 0 Å². The fraction of sp³-hybridized carbons (Fsp3) is 0.625. The minimum absolute atomic E-state index is 0.167. The summed E-state index contributed by atoms with van der Waals surface area (Å²) in [6.45, 7) is 6.06. The van der Waals surface area contributed by atoms with Crippen LogP contribution in [0.25, 0.3) is 0 Å². The third kappa shape index (κ3) is 3.41. The predicted octanol–water partition coefficient (Wildman–Crippen LogP) is 3.11. The summed E-state index contributed by atoms with van der Waals surface area (Å²) in [5, 5.41) is 11.0. The van der Waals surface area contributed by atoms with Gasteiger partial charge in [0.2, 0.25) is 0 Å². The molecule has 0 bridgehead atoms. The van der Waals surface area contributed by atoms with Gasteiger partial charge in [0, 0.05) is 30.8 Å². The summed E-state index contributed by atoms with van der Waals surface area (Å²) in [7, 11) is 0. The molecule has 0 amide bonds. The second-order valence-electron chi connectivity index (χ2n) is 5.94. The molecular weight excluding hydrogens is 266 g/mol. The summed E-state index contributed by atoms with van der Waals surface area (Å²) in [5.41, 5.74) is 7.18. The van der Waals surface area contributed by atoms with E-state index in [0.717, 1.165) is 18.5 Å². The molecule has 5 heteroatoms. The van der Waals surface area contributed by atoms with Gasteiger partial charge in [-0.05, 0) is 37.3 Å². The highest BCUT2D eigenvalue weighted by atomic mass is 16.6. The second-order valence-corrected chi connectivity index (χ2v) is 5.94. The van der Waals surface area contributed by atoms with Gasteiger partial charge >= 0.3 is 0 Å². The number of piperidine rings is 1. The van der Waals surface area contributed by atoms with E-state index in [2.05, 4.69) is 18.7 Å². The maximum Gasteiger partial charge on any atom is 0.269 e. The van der Waals surface area contributed by atoms with Crippen molar-refractivity contribution in [3.8, 4) is 0 Å². The predicted molar refractivity (Wildman–Crippen MR) is 84.1 cm³/mol. The molecule has 1 aliphatic heterocycles. The summed E-state index contributed by atoms with van der Waals surface area (Å²) in [6, 6.07) is 7.61. The van der Waals surface area contributed by atoms with Crippen LogP contribution < -0.4 is 5.73 Å². The van der Waals surface area contributed by atoms with Gasteiger partial charge in [0.25, 0.3) is 5.69 Å². The average Bonchev–Trinajstić information content (AvgIpc) is 2.48. The summed E-state index contributed by atoms with van der Waals surface area (Å²) >= 11 is 0. The lowest BCUT2D eigenvalue weighted by atomic mass is 9.87. The van der Waals surface area contributed by atoms with Crippen LogP contribution in [0.1, 0.15) is 44.7 Å². The topological polar surface area (TPSA) is 72.4 Å². The molecular formula is C16H25N3O2. The van der Waals surface area contributed by atoms with Gasteiger partial charge < -0.3 is 5.73 Å². The molecule has 0 saturated carbocycles. The standard InChI is InChI=1S/C16H25N3O2/c1-3-15(13-7-4-8-14(10-13)19(20)21)18-9-5-6-12(2)16(18)11-17/h4,7-8,10,12,15-16H,3,5-6,9,11,17H2,1-2H3. The van der Waals surface area contributed by atoms with E-state index in [0.29, 0.717) is 18.5 Å². The number of nitrogens with two attached hydrogens (primary N) is 1. The number of rotatable bonds is 5. The summed E-state index contributed by atoms with van der Waals surface area (Å²) in [5.74, 6) is 0.580. The first-order valence-corrected chi connectivity index (χ1v) is 7.78. The zero-order valence-corrected chi connectivity index (χ0v) is 12.9. The number of non-ortho nitro benzene ring substituents is 1. The minimum atomic E-state index is -0.324. The molecule has 0 spiro atoms. The van der Waals surface area contributed by atoms with Crippen LogP contribution in [-0.2, 0) is 0 Å². The Morgan fingerprint density at radius 3 is 2.90 bits per heavy atom. The molecule has 0 aliphatic carbocycles. The van der Waals surface area contributed by atoms with Gasteiger partial charge in [-0.25, -0.2) is 0 Å². The van der Waals surface area contributed by atoms with E-state index in [-0.39, 0.29) is 16.7 Å². The average molecular weight is 291 g/mol. The van der Waals surface area contributed by atoms with Gasteiger partial charge in [0.1, 0.15) is 0 Å². The molecule has 1 aliphatic rings. The maximum absolute atomic E-state index is 11.0. The first-order chi connectivity index (χ1) is 10.1. The minimum Gasteiger partial charge on any atom is -0.329 e. The van der Waals surface area contributed by atoms with E-state index in [1.54, 1.807) is 18.2 Å². The molecule has 0 aromatic heterocycles. The molecule has 2 N–H and O–H groups in total. The smallest absolute Gasteiger partial charge is 0.269 e. The van der Waals surface area contributed by atoms with Crippen LogP contribution in [0.15, 0.2) is 24.3 Å². The summed E-state index contributed by atoms with van der Waals surface area (Å²) < 4.78 is 0. The van der Waals surface area contributed by atoms with Crippen molar-refractivity contribution in [2.24, 2.45) is 11.7 Å². The molecule has 116 valence electrons. The Bertz CT molecular complexity index is 492. The van der Waals surface area contributed by atoms with Gasteiger partial charge in [0.05, 0.1) is 4.92 Å². The van der Waals surface area contributed by atoms with Crippen molar-refractivity contribution in [3.05, 3.63) is 39.9 Å². The van der Waals surface area contributed by atoms with E-state index in [1.165, 1.54) is 12.8 Å². The molecule has 1 aromatic rings. The third-order valence-electron chi connectivity index (χ3n) is 4.65. The van der Waals surface area contributed by atoms with E-state index in [9.17, 15) is 10.1 Å². The van der Waals surface area contributed by atoms with Crippen LogP contribution in [0.5, 0.6) is 0 Å². The highest BCUT2D eigenvalue weighted by molar-refractivity contribution is 5.36. The molecule has 21 heavy (non-hydrogen) atoms. The van der Waals surface area contributed by atoms with Crippen LogP contribution in [0, 0.1) is 16.0 Å². The number of nitro benzene ring substituents is 1. The normalized spacial score (nSPS) is 24.7. The number of nitro groups is 1. The van der Waals surface area contributed by atoms with Gasteiger partial charge in [-0.2, -0.15) is 0 Å². The lowest BCUT2D eigenvalue weighted by Gasteiger charge is -2.44. The van der Waals surface area contributed by atoms with Crippen molar-refractivity contribution in [2.75, 3.05) is 13.1 Å². The molecule has 3 atom stereocenters. The number of benzene rings is 1. The highest BCUT2D eigenvalue weighted by Crippen LogP contribution is 2.34. The van der Waals surface area contributed by atoms with Crippen molar-refractivity contribution in [1.29, 1.82) is 0 Å². The monoisotopic (exact) mass is 291 g/mol. The third-order valence-corrected chi connectivity index (χ3v) is 4.65. The first kappa shape index (κ1) is 15.9. The Hall–Kier alpha value is -1.46.